The molecular formula is C11H19F3N2O. The maximum absolute atomic E-state index is 12.2. The van der Waals surface area contributed by atoms with Crippen LogP contribution in [0.4, 0.5) is 13.2 Å². The molecule has 1 aliphatic rings. The van der Waals surface area contributed by atoms with Gasteiger partial charge in [-0.2, -0.15) is 13.2 Å². The summed E-state index contributed by atoms with van der Waals surface area (Å²) in [7, 11) is 0. The molecule has 0 spiro atoms. The van der Waals surface area contributed by atoms with Crippen LogP contribution in [0.3, 0.4) is 0 Å². The number of halogens is 3. The number of nitrogens with zero attached hydrogens (tertiary/aromatic N) is 1. The first-order valence-corrected chi connectivity index (χ1v) is 5.95. The maximum Gasteiger partial charge on any atom is 0.397 e. The van der Waals surface area contributed by atoms with Gasteiger partial charge in [-0.05, 0) is 32.6 Å². The third kappa shape index (κ3) is 4.53. The summed E-state index contributed by atoms with van der Waals surface area (Å²) >= 11 is 0. The van der Waals surface area contributed by atoms with E-state index in [-0.39, 0.29) is 12.1 Å². The van der Waals surface area contributed by atoms with Crippen LogP contribution in [0.15, 0.2) is 0 Å². The zero-order valence-corrected chi connectivity index (χ0v) is 9.96. The van der Waals surface area contributed by atoms with Crippen molar-refractivity contribution in [2.45, 2.75) is 57.3 Å². The van der Waals surface area contributed by atoms with E-state index in [1.54, 1.807) is 6.92 Å². The van der Waals surface area contributed by atoms with Crippen LogP contribution in [-0.4, -0.2) is 35.6 Å². The van der Waals surface area contributed by atoms with Crippen molar-refractivity contribution in [2.24, 2.45) is 5.73 Å². The Morgan fingerprint density at radius 2 is 1.82 bits per heavy atom. The molecule has 0 aromatic carbocycles. The zero-order valence-electron chi connectivity index (χ0n) is 9.96. The molecule has 0 bridgehead atoms. The molecule has 0 unspecified atom stereocenters. The minimum atomic E-state index is -4.42. The van der Waals surface area contributed by atoms with E-state index < -0.39 is 18.5 Å². The fourth-order valence-corrected chi connectivity index (χ4v) is 2.32. The van der Waals surface area contributed by atoms with Gasteiger partial charge in [0.25, 0.3) is 0 Å². The zero-order chi connectivity index (χ0) is 13.1. The molecule has 0 radical (unpaired) electrons. The summed E-state index contributed by atoms with van der Waals surface area (Å²) in [6.45, 7) is 2.04. The summed E-state index contributed by atoms with van der Waals surface area (Å²) in [4.78, 5) is 12.9. The van der Waals surface area contributed by atoms with Gasteiger partial charge in [0.1, 0.15) is 6.42 Å². The molecule has 1 saturated carbocycles. The molecule has 0 saturated heterocycles. The Balaban J connectivity index is 2.55. The van der Waals surface area contributed by atoms with Gasteiger partial charge in [0, 0.05) is 18.6 Å². The highest BCUT2D eigenvalue weighted by molar-refractivity contribution is 5.77. The van der Waals surface area contributed by atoms with Crippen molar-refractivity contribution in [2.75, 3.05) is 6.54 Å². The van der Waals surface area contributed by atoms with Crippen LogP contribution >= 0.6 is 0 Å². The van der Waals surface area contributed by atoms with E-state index in [4.69, 9.17) is 5.73 Å². The molecule has 2 N–H and O–H groups in total. The fraction of sp³-hybridized carbons (Fsp3) is 0.909. The van der Waals surface area contributed by atoms with Gasteiger partial charge in [0.2, 0.25) is 5.91 Å². The predicted octanol–water partition coefficient (Wildman–Crippen LogP) is 2.06. The van der Waals surface area contributed by atoms with E-state index in [0.29, 0.717) is 19.4 Å². The van der Waals surface area contributed by atoms with E-state index in [1.165, 1.54) is 4.90 Å². The molecule has 1 rings (SSSR count). The van der Waals surface area contributed by atoms with Crippen LogP contribution in [0, 0.1) is 0 Å². The number of carbonyl (C=O) groups excluding carboxylic acids is 1. The Labute approximate surface area is 99.1 Å². The van der Waals surface area contributed by atoms with Crippen molar-refractivity contribution in [3.63, 3.8) is 0 Å². The monoisotopic (exact) mass is 252 g/mol. The minimum absolute atomic E-state index is 0.0744. The lowest BCUT2D eigenvalue weighted by molar-refractivity contribution is -0.163. The second-order valence-corrected chi connectivity index (χ2v) is 4.54. The number of alkyl halides is 3. The Morgan fingerprint density at radius 1 is 1.29 bits per heavy atom. The van der Waals surface area contributed by atoms with Crippen LogP contribution in [0.25, 0.3) is 0 Å². The molecule has 6 heteroatoms. The van der Waals surface area contributed by atoms with Crippen molar-refractivity contribution < 1.29 is 18.0 Å². The summed E-state index contributed by atoms with van der Waals surface area (Å²) in [5.41, 5.74) is 5.73. The minimum Gasteiger partial charge on any atom is -0.340 e. The lowest BCUT2D eigenvalue weighted by Crippen LogP contribution is -2.45. The molecule has 0 aromatic rings. The van der Waals surface area contributed by atoms with Gasteiger partial charge in [0.05, 0.1) is 0 Å². The number of hydrogen-bond acceptors (Lipinski definition) is 2. The van der Waals surface area contributed by atoms with Crippen molar-refractivity contribution in [1.29, 1.82) is 0 Å². The molecule has 1 aliphatic carbocycles. The largest absolute Gasteiger partial charge is 0.397 e. The topological polar surface area (TPSA) is 46.3 Å². The summed E-state index contributed by atoms with van der Waals surface area (Å²) < 4.78 is 36.5. The Hall–Kier alpha value is -0.780. The number of amides is 1. The number of rotatable bonds is 3. The van der Waals surface area contributed by atoms with Crippen molar-refractivity contribution in [3.8, 4) is 0 Å². The molecule has 0 heterocycles. The molecule has 1 amide bonds. The normalized spacial score (nSPS) is 25.7. The van der Waals surface area contributed by atoms with E-state index in [2.05, 4.69) is 0 Å². The Kier molecular flexibility index (Phi) is 4.80. The second-order valence-electron chi connectivity index (χ2n) is 4.54. The quantitative estimate of drug-likeness (QED) is 0.835. The molecule has 0 aliphatic heterocycles. The van der Waals surface area contributed by atoms with Gasteiger partial charge < -0.3 is 10.6 Å². The highest BCUT2D eigenvalue weighted by Crippen LogP contribution is 2.26. The van der Waals surface area contributed by atoms with Crippen molar-refractivity contribution in [1.82, 2.24) is 4.90 Å². The standard InChI is InChI=1S/C11H19F3N2O/c1-2-16(10(17)7-11(12,13)14)9-5-3-8(15)4-6-9/h8-9H,2-7,15H2,1H3. The Bertz CT molecular complexity index is 260. The van der Waals surface area contributed by atoms with E-state index >= 15 is 0 Å². The van der Waals surface area contributed by atoms with Gasteiger partial charge >= 0.3 is 6.18 Å². The third-order valence-corrected chi connectivity index (χ3v) is 3.19. The predicted molar refractivity (Wildman–Crippen MR) is 58.3 cm³/mol. The lowest BCUT2D eigenvalue weighted by atomic mass is 9.90. The molecular weight excluding hydrogens is 233 g/mol. The molecule has 0 atom stereocenters. The summed E-state index contributed by atoms with van der Waals surface area (Å²) in [6.07, 6.45) is -2.81. The summed E-state index contributed by atoms with van der Waals surface area (Å²) in [5.74, 6) is -0.819. The third-order valence-electron chi connectivity index (χ3n) is 3.19. The van der Waals surface area contributed by atoms with Gasteiger partial charge in [-0.15, -0.1) is 0 Å². The molecule has 1 fully saturated rings. The number of carbonyl (C=O) groups is 1. The SMILES string of the molecule is CCN(C(=O)CC(F)(F)F)C1CCC(N)CC1. The van der Waals surface area contributed by atoms with Crippen LogP contribution < -0.4 is 5.73 Å². The molecule has 0 aromatic heterocycles. The first-order chi connectivity index (χ1) is 7.83. The van der Waals surface area contributed by atoms with Crippen LogP contribution in [-0.2, 0) is 4.79 Å². The average Bonchev–Trinajstić information content (AvgIpc) is 2.19. The van der Waals surface area contributed by atoms with Gasteiger partial charge in [0.15, 0.2) is 0 Å². The van der Waals surface area contributed by atoms with Crippen LogP contribution in [0.2, 0.25) is 0 Å². The van der Waals surface area contributed by atoms with E-state index in [0.717, 1.165) is 12.8 Å². The van der Waals surface area contributed by atoms with Gasteiger partial charge in [-0.25, -0.2) is 0 Å². The van der Waals surface area contributed by atoms with E-state index in [1.807, 2.05) is 0 Å². The summed E-state index contributed by atoms with van der Waals surface area (Å²) in [6, 6.07) is 0.0531. The van der Waals surface area contributed by atoms with Gasteiger partial charge in [-0.1, -0.05) is 0 Å². The molecule has 17 heavy (non-hydrogen) atoms. The first kappa shape index (κ1) is 14.3. The smallest absolute Gasteiger partial charge is 0.340 e. The molecule has 100 valence electrons. The highest BCUT2D eigenvalue weighted by atomic mass is 19.4. The second kappa shape index (κ2) is 5.71. The van der Waals surface area contributed by atoms with Gasteiger partial charge in [-0.3, -0.25) is 4.79 Å². The maximum atomic E-state index is 12.2. The fourth-order valence-electron chi connectivity index (χ4n) is 2.32. The molecule has 3 nitrogen and oxygen atoms in total. The first-order valence-electron chi connectivity index (χ1n) is 5.95. The number of hydrogen-bond donors (Lipinski definition) is 1. The Morgan fingerprint density at radius 3 is 2.24 bits per heavy atom. The van der Waals surface area contributed by atoms with E-state index in [9.17, 15) is 18.0 Å². The van der Waals surface area contributed by atoms with Crippen molar-refractivity contribution in [3.05, 3.63) is 0 Å². The number of nitrogens with two attached hydrogens (primary N) is 1. The van der Waals surface area contributed by atoms with Crippen LogP contribution in [0.5, 0.6) is 0 Å². The summed E-state index contributed by atoms with van der Waals surface area (Å²) in [5, 5.41) is 0. The van der Waals surface area contributed by atoms with Crippen LogP contribution in [0.1, 0.15) is 39.0 Å². The average molecular weight is 252 g/mol. The van der Waals surface area contributed by atoms with Crippen molar-refractivity contribution >= 4 is 5.91 Å². The lowest BCUT2D eigenvalue weighted by Gasteiger charge is -2.35. The highest BCUT2D eigenvalue weighted by Gasteiger charge is 2.35.